The molecule has 0 aromatic heterocycles. The van der Waals surface area contributed by atoms with Crippen LogP contribution in [0.1, 0.15) is 20.3 Å². The second kappa shape index (κ2) is 6.38. The minimum absolute atomic E-state index is 0.168. The molecule has 0 amide bonds. The maximum atomic E-state index is 5.80. The molecule has 0 radical (unpaired) electrons. The largest absolute Gasteiger partial charge is 0.380 e. The number of benzene rings is 1. The molecule has 17 heavy (non-hydrogen) atoms. The Morgan fingerprint density at radius 3 is 2.59 bits per heavy atom. The summed E-state index contributed by atoms with van der Waals surface area (Å²) in [5.41, 5.74) is 6.70. The summed E-state index contributed by atoms with van der Waals surface area (Å²) in [4.78, 5) is 0. The van der Waals surface area contributed by atoms with E-state index >= 15 is 0 Å². The maximum absolute atomic E-state index is 5.80. The van der Waals surface area contributed by atoms with Crippen LogP contribution in [0.3, 0.4) is 0 Å². The maximum Gasteiger partial charge on any atom is 0.0642 e. The lowest BCUT2D eigenvalue weighted by molar-refractivity contribution is 0.0122. The van der Waals surface area contributed by atoms with Gasteiger partial charge in [-0.25, -0.2) is 0 Å². The Hall–Kier alpha value is -0.580. The average Bonchev–Trinajstić information content (AvgIpc) is 2.31. The fraction of sp³-hybridized carbons (Fsp3) is 0.538. The van der Waals surface area contributed by atoms with Crippen molar-refractivity contribution in [1.29, 1.82) is 0 Å². The number of para-hydroxylation sites is 1. The zero-order valence-corrected chi connectivity index (χ0v) is 12.3. The molecule has 0 aliphatic rings. The van der Waals surface area contributed by atoms with Crippen LogP contribution in [0.2, 0.25) is 0 Å². The molecule has 1 atom stereocenters. The molecule has 1 rings (SSSR count). The summed E-state index contributed by atoms with van der Waals surface area (Å²) in [6.45, 7) is 4.71. The number of hydrogen-bond donors (Lipinski definition) is 2. The quantitative estimate of drug-likeness (QED) is 0.849. The molecule has 0 aliphatic carbocycles. The first-order valence-electron chi connectivity index (χ1n) is 5.75. The summed E-state index contributed by atoms with van der Waals surface area (Å²) in [7, 11) is 1.73. The smallest absolute Gasteiger partial charge is 0.0642 e. The number of ether oxygens (including phenoxy) is 1. The Morgan fingerprint density at radius 1 is 1.41 bits per heavy atom. The van der Waals surface area contributed by atoms with Gasteiger partial charge in [0, 0.05) is 29.9 Å². The Labute approximate surface area is 112 Å². The van der Waals surface area contributed by atoms with E-state index in [0.717, 1.165) is 16.6 Å². The summed E-state index contributed by atoms with van der Waals surface area (Å²) in [5, 5.41) is 3.44. The Kier molecular flexibility index (Phi) is 5.43. The Morgan fingerprint density at radius 2 is 2.06 bits per heavy atom. The lowest BCUT2D eigenvalue weighted by atomic mass is 9.98. The molecule has 0 fully saturated rings. The number of nitrogens with one attached hydrogen (secondary N) is 1. The van der Waals surface area contributed by atoms with Crippen LogP contribution in [-0.2, 0) is 4.74 Å². The minimum Gasteiger partial charge on any atom is -0.380 e. The average molecular weight is 301 g/mol. The molecule has 0 spiro atoms. The Bertz CT molecular complexity index is 355. The fourth-order valence-corrected chi connectivity index (χ4v) is 2.07. The standard InChI is InChI=1S/C13H21BrN2O/c1-13(2,17-3)8-10(9-15)16-12-7-5-4-6-11(12)14/h4-7,10,16H,8-9,15H2,1-3H3. The van der Waals surface area contributed by atoms with Crippen LogP contribution in [0, 0.1) is 0 Å². The molecule has 1 aromatic carbocycles. The summed E-state index contributed by atoms with van der Waals surface area (Å²) >= 11 is 3.52. The van der Waals surface area contributed by atoms with Gasteiger partial charge in [0.25, 0.3) is 0 Å². The monoisotopic (exact) mass is 300 g/mol. The highest BCUT2D eigenvalue weighted by Gasteiger charge is 2.22. The normalized spacial score (nSPS) is 13.5. The van der Waals surface area contributed by atoms with Crippen molar-refractivity contribution in [2.24, 2.45) is 5.73 Å². The van der Waals surface area contributed by atoms with E-state index in [2.05, 4.69) is 35.1 Å². The van der Waals surface area contributed by atoms with Gasteiger partial charge in [0.1, 0.15) is 0 Å². The minimum atomic E-state index is -0.168. The van der Waals surface area contributed by atoms with Crippen LogP contribution < -0.4 is 11.1 Å². The summed E-state index contributed by atoms with van der Waals surface area (Å²) < 4.78 is 6.48. The van der Waals surface area contributed by atoms with Crippen molar-refractivity contribution in [3.8, 4) is 0 Å². The summed E-state index contributed by atoms with van der Waals surface area (Å²) in [6, 6.07) is 8.24. The third-order valence-electron chi connectivity index (χ3n) is 2.81. The van der Waals surface area contributed by atoms with Gasteiger partial charge in [-0.1, -0.05) is 12.1 Å². The highest BCUT2D eigenvalue weighted by molar-refractivity contribution is 9.10. The third kappa shape index (κ3) is 4.66. The van der Waals surface area contributed by atoms with Crippen LogP contribution >= 0.6 is 15.9 Å². The first-order chi connectivity index (χ1) is 7.98. The van der Waals surface area contributed by atoms with E-state index < -0.39 is 0 Å². The SMILES string of the molecule is COC(C)(C)CC(CN)Nc1ccccc1Br. The van der Waals surface area contributed by atoms with Crippen molar-refractivity contribution in [3.05, 3.63) is 28.7 Å². The van der Waals surface area contributed by atoms with Crippen LogP contribution in [0.4, 0.5) is 5.69 Å². The molecule has 0 heterocycles. The number of rotatable bonds is 6. The van der Waals surface area contributed by atoms with E-state index in [9.17, 15) is 0 Å². The topological polar surface area (TPSA) is 47.3 Å². The molecule has 0 bridgehead atoms. The van der Waals surface area contributed by atoms with Gasteiger partial charge >= 0.3 is 0 Å². The van der Waals surface area contributed by atoms with Gasteiger partial charge in [-0.3, -0.25) is 0 Å². The van der Waals surface area contributed by atoms with Crippen molar-refractivity contribution in [1.82, 2.24) is 0 Å². The van der Waals surface area contributed by atoms with Crippen LogP contribution in [-0.4, -0.2) is 25.3 Å². The van der Waals surface area contributed by atoms with Crippen molar-refractivity contribution < 1.29 is 4.74 Å². The fourth-order valence-electron chi connectivity index (χ4n) is 1.67. The van der Waals surface area contributed by atoms with Crippen molar-refractivity contribution >= 4 is 21.6 Å². The number of nitrogens with two attached hydrogens (primary N) is 1. The molecule has 1 aromatic rings. The van der Waals surface area contributed by atoms with Crippen LogP contribution in [0.15, 0.2) is 28.7 Å². The van der Waals surface area contributed by atoms with Crippen molar-refractivity contribution in [2.45, 2.75) is 31.9 Å². The van der Waals surface area contributed by atoms with Crippen molar-refractivity contribution in [3.63, 3.8) is 0 Å². The number of hydrogen-bond acceptors (Lipinski definition) is 3. The second-order valence-electron chi connectivity index (χ2n) is 4.72. The molecule has 0 saturated carbocycles. The Balaban J connectivity index is 2.68. The molecule has 0 aliphatic heterocycles. The molecule has 0 saturated heterocycles. The molecule has 4 heteroatoms. The summed E-state index contributed by atoms with van der Waals surface area (Å²) in [6.07, 6.45) is 0.862. The van der Waals surface area contributed by atoms with E-state index in [1.165, 1.54) is 0 Å². The van der Waals surface area contributed by atoms with Gasteiger partial charge in [0.2, 0.25) is 0 Å². The first-order valence-corrected chi connectivity index (χ1v) is 6.54. The van der Waals surface area contributed by atoms with Gasteiger partial charge in [0.15, 0.2) is 0 Å². The predicted molar refractivity (Wildman–Crippen MR) is 76.3 cm³/mol. The molecule has 1 unspecified atom stereocenters. The number of halogens is 1. The third-order valence-corrected chi connectivity index (χ3v) is 3.50. The zero-order chi connectivity index (χ0) is 12.9. The van der Waals surface area contributed by atoms with Gasteiger partial charge in [-0.05, 0) is 48.3 Å². The molecular formula is C13H21BrN2O. The highest BCUT2D eigenvalue weighted by Crippen LogP contribution is 2.24. The van der Waals surface area contributed by atoms with E-state index in [1.54, 1.807) is 7.11 Å². The van der Waals surface area contributed by atoms with E-state index in [1.807, 2.05) is 24.3 Å². The van der Waals surface area contributed by atoms with Gasteiger partial charge in [-0.15, -0.1) is 0 Å². The lowest BCUT2D eigenvalue weighted by Gasteiger charge is -2.29. The van der Waals surface area contributed by atoms with Gasteiger partial charge in [0.05, 0.1) is 5.60 Å². The molecular weight excluding hydrogens is 280 g/mol. The van der Waals surface area contributed by atoms with Gasteiger partial charge < -0.3 is 15.8 Å². The molecule has 3 N–H and O–H groups in total. The predicted octanol–water partition coefficient (Wildman–Crippen LogP) is 3.00. The molecule has 96 valence electrons. The number of anilines is 1. The summed E-state index contributed by atoms with van der Waals surface area (Å²) in [5.74, 6) is 0. The highest BCUT2D eigenvalue weighted by atomic mass is 79.9. The van der Waals surface area contributed by atoms with Gasteiger partial charge in [-0.2, -0.15) is 0 Å². The first kappa shape index (κ1) is 14.5. The van der Waals surface area contributed by atoms with Crippen LogP contribution in [0.5, 0.6) is 0 Å². The van der Waals surface area contributed by atoms with E-state index in [0.29, 0.717) is 6.54 Å². The van der Waals surface area contributed by atoms with Crippen molar-refractivity contribution in [2.75, 3.05) is 19.0 Å². The zero-order valence-electron chi connectivity index (χ0n) is 10.7. The second-order valence-corrected chi connectivity index (χ2v) is 5.58. The lowest BCUT2D eigenvalue weighted by Crippen LogP contribution is -2.37. The van der Waals surface area contributed by atoms with E-state index in [4.69, 9.17) is 10.5 Å². The van der Waals surface area contributed by atoms with Crippen LogP contribution in [0.25, 0.3) is 0 Å². The number of methoxy groups -OCH3 is 1. The molecule has 3 nitrogen and oxygen atoms in total. The van der Waals surface area contributed by atoms with E-state index in [-0.39, 0.29) is 11.6 Å².